The first-order chi connectivity index (χ1) is 9.68. The second-order valence-electron chi connectivity index (χ2n) is 6.96. The minimum atomic E-state index is -0.379. The molecule has 5 nitrogen and oxygen atoms in total. The van der Waals surface area contributed by atoms with Gasteiger partial charge in [-0.2, -0.15) is 0 Å². The van der Waals surface area contributed by atoms with Gasteiger partial charge in [0.05, 0.1) is 6.10 Å². The number of anilines is 1. The predicted molar refractivity (Wildman–Crippen MR) is 83.0 cm³/mol. The molecular weight excluding hydrogens is 266 g/mol. The summed E-state index contributed by atoms with van der Waals surface area (Å²) < 4.78 is 0. The fourth-order valence-electron chi connectivity index (χ4n) is 2.61. The zero-order valence-electron chi connectivity index (χ0n) is 13.3. The van der Waals surface area contributed by atoms with E-state index in [0.717, 1.165) is 12.1 Å². The number of carbonyl (C=O) groups excluding carboxylic acids is 1. The van der Waals surface area contributed by atoms with Crippen molar-refractivity contribution in [1.82, 2.24) is 9.88 Å². The van der Waals surface area contributed by atoms with Crippen molar-refractivity contribution in [1.29, 1.82) is 0 Å². The maximum Gasteiger partial charge on any atom is 0.254 e. The van der Waals surface area contributed by atoms with Crippen molar-refractivity contribution in [2.24, 2.45) is 5.92 Å². The molecule has 2 unspecified atom stereocenters. The van der Waals surface area contributed by atoms with Gasteiger partial charge in [0.25, 0.3) is 5.91 Å². The van der Waals surface area contributed by atoms with Gasteiger partial charge in [-0.05, 0) is 25.5 Å². The lowest BCUT2D eigenvalue weighted by atomic mass is 9.90. The fourth-order valence-corrected chi connectivity index (χ4v) is 2.61. The van der Waals surface area contributed by atoms with Crippen LogP contribution in [0.1, 0.15) is 50.2 Å². The van der Waals surface area contributed by atoms with Crippen LogP contribution in [0.4, 0.5) is 5.82 Å². The largest absolute Gasteiger partial charge is 0.393 e. The van der Waals surface area contributed by atoms with Crippen LogP contribution in [-0.4, -0.2) is 40.1 Å². The van der Waals surface area contributed by atoms with E-state index in [9.17, 15) is 9.90 Å². The predicted octanol–water partition coefficient (Wildman–Crippen LogP) is 1.80. The van der Waals surface area contributed by atoms with Crippen LogP contribution in [0.3, 0.4) is 0 Å². The molecule has 0 spiro atoms. The molecule has 0 aromatic carbocycles. The Labute approximate surface area is 126 Å². The van der Waals surface area contributed by atoms with E-state index in [1.54, 1.807) is 17.9 Å². The number of aromatic nitrogens is 1. The number of hydrogen-bond donors (Lipinski definition) is 2. The number of amides is 1. The van der Waals surface area contributed by atoms with Gasteiger partial charge < -0.3 is 15.7 Å². The molecule has 1 aliphatic rings. The molecule has 0 aliphatic carbocycles. The average molecular weight is 291 g/mol. The molecule has 2 heterocycles. The summed E-state index contributed by atoms with van der Waals surface area (Å²) in [6.07, 6.45) is 0.464. The Bertz CT molecular complexity index is 535. The lowest BCUT2D eigenvalue weighted by molar-refractivity contribution is 0.0762. The molecule has 0 bridgehead atoms. The molecule has 2 atom stereocenters. The van der Waals surface area contributed by atoms with Crippen molar-refractivity contribution in [3.63, 3.8) is 0 Å². The fraction of sp³-hybridized carbons (Fsp3) is 0.625. The third-order valence-corrected chi connectivity index (χ3v) is 4.05. The second kappa shape index (κ2) is 5.64. The number of carbonyl (C=O) groups is 1. The highest BCUT2D eigenvalue weighted by Crippen LogP contribution is 2.25. The van der Waals surface area contributed by atoms with E-state index in [-0.39, 0.29) is 23.3 Å². The van der Waals surface area contributed by atoms with Crippen LogP contribution in [0.25, 0.3) is 0 Å². The molecule has 1 aromatic heterocycles. The van der Waals surface area contributed by atoms with Crippen LogP contribution in [0.15, 0.2) is 12.1 Å². The Balaban J connectivity index is 2.22. The molecule has 116 valence electrons. The Hall–Kier alpha value is -1.62. The number of rotatable bonds is 2. The SMILES string of the molecule is CC(O)C1CCN(C(=O)c2cc(N)nc(C(C)(C)C)c2)C1. The third-order valence-electron chi connectivity index (χ3n) is 4.05. The van der Waals surface area contributed by atoms with Crippen LogP contribution in [0.2, 0.25) is 0 Å². The molecule has 1 aromatic rings. The maximum atomic E-state index is 12.6. The molecular formula is C16H25N3O2. The first-order valence-corrected chi connectivity index (χ1v) is 7.44. The van der Waals surface area contributed by atoms with Gasteiger partial charge >= 0.3 is 0 Å². The molecule has 2 rings (SSSR count). The van der Waals surface area contributed by atoms with Crippen LogP contribution in [0.5, 0.6) is 0 Å². The summed E-state index contributed by atoms with van der Waals surface area (Å²) in [5.41, 5.74) is 7.09. The van der Waals surface area contributed by atoms with Gasteiger partial charge in [0, 0.05) is 35.7 Å². The van der Waals surface area contributed by atoms with Crippen LogP contribution >= 0.6 is 0 Å². The smallest absolute Gasteiger partial charge is 0.254 e. The molecule has 1 aliphatic heterocycles. The van der Waals surface area contributed by atoms with Gasteiger partial charge in [-0.3, -0.25) is 4.79 Å². The van der Waals surface area contributed by atoms with Crippen LogP contribution < -0.4 is 5.73 Å². The number of aliphatic hydroxyl groups is 1. The summed E-state index contributed by atoms with van der Waals surface area (Å²) in [6, 6.07) is 3.46. The van der Waals surface area contributed by atoms with Gasteiger partial charge in [0.1, 0.15) is 5.82 Å². The monoisotopic (exact) mass is 291 g/mol. The standard InChI is InChI=1S/C16H25N3O2/c1-10(20)11-5-6-19(9-11)15(21)12-7-13(16(2,3)4)18-14(17)8-12/h7-8,10-11,20H,5-6,9H2,1-4H3,(H2,17,18). The number of likely N-dealkylation sites (tertiary alicyclic amines) is 1. The molecule has 0 saturated carbocycles. The van der Waals surface area contributed by atoms with E-state index in [1.165, 1.54) is 0 Å². The van der Waals surface area contributed by atoms with E-state index >= 15 is 0 Å². The average Bonchev–Trinajstić information content (AvgIpc) is 2.85. The number of aliphatic hydroxyl groups excluding tert-OH is 1. The van der Waals surface area contributed by atoms with Gasteiger partial charge in [-0.1, -0.05) is 20.8 Å². The third kappa shape index (κ3) is 3.53. The zero-order valence-corrected chi connectivity index (χ0v) is 13.3. The minimum Gasteiger partial charge on any atom is -0.393 e. The Morgan fingerprint density at radius 1 is 1.48 bits per heavy atom. The molecule has 21 heavy (non-hydrogen) atoms. The first kappa shape index (κ1) is 15.8. The highest BCUT2D eigenvalue weighted by molar-refractivity contribution is 5.95. The van der Waals surface area contributed by atoms with Gasteiger partial charge in [0.15, 0.2) is 0 Å². The lowest BCUT2D eigenvalue weighted by Gasteiger charge is -2.21. The number of nitrogen functional groups attached to an aromatic ring is 1. The number of pyridine rings is 1. The molecule has 1 saturated heterocycles. The van der Waals surface area contributed by atoms with Crippen molar-refractivity contribution in [3.8, 4) is 0 Å². The van der Waals surface area contributed by atoms with Gasteiger partial charge in [-0.15, -0.1) is 0 Å². The summed E-state index contributed by atoms with van der Waals surface area (Å²) >= 11 is 0. The van der Waals surface area contributed by atoms with Gasteiger partial charge in [0.2, 0.25) is 0 Å². The summed E-state index contributed by atoms with van der Waals surface area (Å²) in [5.74, 6) is 0.505. The maximum absolute atomic E-state index is 12.6. The van der Waals surface area contributed by atoms with Crippen molar-refractivity contribution in [2.75, 3.05) is 18.8 Å². The number of hydrogen-bond acceptors (Lipinski definition) is 4. The van der Waals surface area contributed by atoms with E-state index < -0.39 is 0 Å². The normalized spacial score (nSPS) is 20.6. The highest BCUT2D eigenvalue weighted by Gasteiger charge is 2.30. The van der Waals surface area contributed by atoms with Gasteiger partial charge in [-0.25, -0.2) is 4.98 Å². The van der Waals surface area contributed by atoms with E-state index in [4.69, 9.17) is 5.73 Å². The van der Waals surface area contributed by atoms with Crippen molar-refractivity contribution in [3.05, 3.63) is 23.4 Å². The molecule has 0 radical (unpaired) electrons. The molecule has 1 amide bonds. The summed E-state index contributed by atoms with van der Waals surface area (Å²) in [7, 11) is 0. The lowest BCUT2D eigenvalue weighted by Crippen LogP contribution is -2.31. The van der Waals surface area contributed by atoms with E-state index in [0.29, 0.717) is 24.5 Å². The topological polar surface area (TPSA) is 79.5 Å². The highest BCUT2D eigenvalue weighted by atomic mass is 16.3. The van der Waals surface area contributed by atoms with Crippen LogP contribution in [0, 0.1) is 5.92 Å². The molecule has 3 N–H and O–H groups in total. The molecule has 5 heteroatoms. The summed E-state index contributed by atoms with van der Waals surface area (Å²) in [6.45, 7) is 9.19. The first-order valence-electron chi connectivity index (χ1n) is 7.44. The molecule has 1 fully saturated rings. The second-order valence-corrected chi connectivity index (χ2v) is 6.96. The van der Waals surface area contributed by atoms with Crippen molar-refractivity contribution in [2.45, 2.75) is 45.6 Å². The number of nitrogens with two attached hydrogens (primary N) is 1. The summed E-state index contributed by atoms with van der Waals surface area (Å²) in [5, 5.41) is 9.65. The minimum absolute atomic E-state index is 0.0299. The zero-order chi connectivity index (χ0) is 15.8. The van der Waals surface area contributed by atoms with E-state index in [1.807, 2.05) is 26.8 Å². The van der Waals surface area contributed by atoms with Crippen molar-refractivity contribution < 1.29 is 9.90 Å². The number of nitrogens with zero attached hydrogens (tertiary/aromatic N) is 2. The van der Waals surface area contributed by atoms with E-state index in [2.05, 4.69) is 4.98 Å². The Morgan fingerprint density at radius 2 is 2.14 bits per heavy atom. The Morgan fingerprint density at radius 3 is 2.67 bits per heavy atom. The quantitative estimate of drug-likeness (QED) is 0.871. The van der Waals surface area contributed by atoms with Crippen LogP contribution in [-0.2, 0) is 5.41 Å². The summed E-state index contributed by atoms with van der Waals surface area (Å²) in [4.78, 5) is 18.7. The Kier molecular flexibility index (Phi) is 4.23. The van der Waals surface area contributed by atoms with Crippen molar-refractivity contribution >= 4 is 11.7 Å².